The molecular weight excluding hydrogens is 577 g/mol. The minimum atomic E-state index is 0.921. The number of thiophene rings is 1. The lowest BCUT2D eigenvalue weighted by Gasteiger charge is -2.19. The maximum atomic E-state index is 6.74. The third kappa shape index (κ3) is 3.68. The second-order valence-corrected chi connectivity index (χ2v) is 13.0. The first-order valence-corrected chi connectivity index (χ1v) is 16.5. The minimum Gasteiger partial charge on any atom is -0.455 e. The summed E-state index contributed by atoms with van der Waals surface area (Å²) >= 11 is 1.86. The second-order valence-electron chi connectivity index (χ2n) is 12.0. The van der Waals surface area contributed by atoms with Gasteiger partial charge in [-0.3, -0.25) is 0 Å². The van der Waals surface area contributed by atoms with Crippen LogP contribution in [0.25, 0.3) is 97.0 Å². The van der Waals surface area contributed by atoms with Crippen LogP contribution in [-0.2, 0) is 0 Å². The van der Waals surface area contributed by atoms with Crippen LogP contribution in [0.15, 0.2) is 162 Å². The lowest BCUT2D eigenvalue weighted by molar-refractivity contribution is 0.673. The van der Waals surface area contributed by atoms with Crippen LogP contribution >= 0.6 is 11.3 Å². The van der Waals surface area contributed by atoms with Gasteiger partial charge in [0.2, 0.25) is 0 Å². The Kier molecular flexibility index (Phi) is 5.51. The van der Waals surface area contributed by atoms with Crippen molar-refractivity contribution < 1.29 is 4.42 Å². The van der Waals surface area contributed by atoms with Crippen molar-refractivity contribution in [3.63, 3.8) is 0 Å². The summed E-state index contributed by atoms with van der Waals surface area (Å²) in [5.41, 5.74) is 8.10. The van der Waals surface area contributed by atoms with Crippen LogP contribution in [0, 0.1) is 0 Å². The van der Waals surface area contributed by atoms with Crippen molar-refractivity contribution in [2.24, 2.45) is 0 Å². The van der Waals surface area contributed by atoms with Gasteiger partial charge in [0.15, 0.2) is 0 Å². The zero-order valence-electron chi connectivity index (χ0n) is 24.8. The molecule has 0 saturated carbocycles. The summed E-state index contributed by atoms with van der Waals surface area (Å²) in [6.07, 6.45) is 0. The Balaban J connectivity index is 1.41. The lowest BCUT2D eigenvalue weighted by atomic mass is 9.84. The quantitative estimate of drug-likeness (QED) is 0.183. The summed E-state index contributed by atoms with van der Waals surface area (Å²) in [7, 11) is 0. The van der Waals surface area contributed by atoms with Crippen LogP contribution in [0.5, 0.6) is 0 Å². The number of furan rings is 1. The molecule has 0 aliphatic heterocycles. The van der Waals surface area contributed by atoms with Crippen LogP contribution in [0.3, 0.4) is 0 Å². The minimum absolute atomic E-state index is 0.921. The van der Waals surface area contributed by atoms with Gasteiger partial charge < -0.3 is 4.42 Å². The summed E-state index contributed by atoms with van der Waals surface area (Å²) in [5, 5.41) is 11.0. The normalized spacial score (nSPS) is 11.9. The molecule has 8 aromatic carbocycles. The fourth-order valence-electron chi connectivity index (χ4n) is 7.45. The standard InChI is InChI=1S/C44H26OS/c1-2-13-28(14-3-1)44-42(41-38(46-44)25-24-36-31-16-10-11-21-37(31)45-43(36)41)40-34-19-8-6-17-32(34)39(33-18-7-9-20-35(33)40)30-23-22-27-12-4-5-15-29(27)26-30/h1-26H. The van der Waals surface area contributed by atoms with Crippen molar-refractivity contribution >= 4 is 75.7 Å². The number of hydrogen-bond donors (Lipinski definition) is 0. The molecule has 0 aliphatic carbocycles. The first kappa shape index (κ1) is 25.6. The van der Waals surface area contributed by atoms with Gasteiger partial charge in [0, 0.05) is 31.3 Å². The van der Waals surface area contributed by atoms with Gasteiger partial charge in [0.25, 0.3) is 0 Å². The smallest absolute Gasteiger partial charge is 0.144 e. The van der Waals surface area contributed by atoms with Gasteiger partial charge in [0.05, 0.1) is 0 Å². The Labute approximate surface area is 269 Å². The second kappa shape index (κ2) is 9.90. The molecule has 0 amide bonds. The fraction of sp³-hybridized carbons (Fsp3) is 0. The molecule has 0 spiro atoms. The Morgan fingerprint density at radius 3 is 1.74 bits per heavy atom. The molecule has 0 unspecified atom stereocenters. The highest BCUT2D eigenvalue weighted by Gasteiger charge is 2.25. The Hall–Kier alpha value is -5.70. The van der Waals surface area contributed by atoms with E-state index in [1.165, 1.54) is 75.1 Å². The molecule has 1 nitrogen and oxygen atoms in total. The zero-order valence-corrected chi connectivity index (χ0v) is 25.6. The third-order valence-electron chi connectivity index (χ3n) is 9.45. The topological polar surface area (TPSA) is 13.1 Å². The van der Waals surface area contributed by atoms with E-state index in [0.29, 0.717) is 0 Å². The number of fused-ring (bicyclic) bond motifs is 8. The van der Waals surface area contributed by atoms with Crippen molar-refractivity contribution in [3.8, 4) is 32.7 Å². The molecule has 46 heavy (non-hydrogen) atoms. The summed E-state index contributed by atoms with van der Waals surface area (Å²) in [4.78, 5) is 1.26. The van der Waals surface area contributed by atoms with E-state index < -0.39 is 0 Å². The van der Waals surface area contributed by atoms with Crippen molar-refractivity contribution in [1.82, 2.24) is 0 Å². The monoisotopic (exact) mass is 602 g/mol. The first-order chi connectivity index (χ1) is 22.8. The predicted molar refractivity (Wildman–Crippen MR) is 198 cm³/mol. The average Bonchev–Trinajstić information content (AvgIpc) is 3.69. The Bertz CT molecular complexity index is 2740. The Morgan fingerprint density at radius 1 is 0.391 bits per heavy atom. The van der Waals surface area contributed by atoms with E-state index in [1.807, 2.05) is 11.3 Å². The van der Waals surface area contributed by atoms with Crippen LogP contribution in [0.4, 0.5) is 0 Å². The van der Waals surface area contributed by atoms with Gasteiger partial charge in [-0.2, -0.15) is 0 Å². The average molecular weight is 603 g/mol. The van der Waals surface area contributed by atoms with Crippen molar-refractivity contribution in [2.75, 3.05) is 0 Å². The number of hydrogen-bond acceptors (Lipinski definition) is 2. The summed E-state index contributed by atoms with van der Waals surface area (Å²) < 4.78 is 7.97. The van der Waals surface area contributed by atoms with Gasteiger partial charge in [-0.05, 0) is 78.8 Å². The number of benzene rings is 8. The number of para-hydroxylation sites is 1. The maximum Gasteiger partial charge on any atom is 0.144 e. The SMILES string of the molecule is c1ccc(-c2sc3ccc4c5ccccc5oc4c3c2-c2c3ccccc3c(-c3ccc4ccccc4c3)c3ccccc23)cc1. The molecule has 0 saturated heterocycles. The van der Waals surface area contributed by atoms with Gasteiger partial charge >= 0.3 is 0 Å². The lowest BCUT2D eigenvalue weighted by Crippen LogP contribution is -1.91. The van der Waals surface area contributed by atoms with E-state index in [9.17, 15) is 0 Å². The molecule has 0 bridgehead atoms. The van der Waals surface area contributed by atoms with E-state index >= 15 is 0 Å². The largest absolute Gasteiger partial charge is 0.455 e. The molecular formula is C44H26OS. The highest BCUT2D eigenvalue weighted by atomic mass is 32.1. The maximum absolute atomic E-state index is 6.74. The highest BCUT2D eigenvalue weighted by Crippen LogP contribution is 2.53. The van der Waals surface area contributed by atoms with Crippen LogP contribution < -0.4 is 0 Å². The molecule has 214 valence electrons. The fourth-order valence-corrected chi connectivity index (χ4v) is 8.66. The van der Waals surface area contributed by atoms with Gasteiger partial charge in [-0.25, -0.2) is 0 Å². The molecule has 0 N–H and O–H groups in total. The molecule has 10 rings (SSSR count). The van der Waals surface area contributed by atoms with E-state index in [0.717, 1.165) is 21.9 Å². The number of rotatable bonds is 3. The molecule has 10 aromatic rings. The van der Waals surface area contributed by atoms with E-state index in [1.54, 1.807) is 0 Å². The molecule has 2 heteroatoms. The summed E-state index contributed by atoms with van der Waals surface area (Å²) in [6.45, 7) is 0. The molecule has 0 fully saturated rings. The van der Waals surface area contributed by atoms with Crippen molar-refractivity contribution in [3.05, 3.63) is 158 Å². The van der Waals surface area contributed by atoms with Crippen LogP contribution in [0.2, 0.25) is 0 Å². The van der Waals surface area contributed by atoms with Gasteiger partial charge in [0.1, 0.15) is 11.2 Å². The Morgan fingerprint density at radius 2 is 1.00 bits per heavy atom. The van der Waals surface area contributed by atoms with Crippen LogP contribution in [-0.4, -0.2) is 0 Å². The van der Waals surface area contributed by atoms with Crippen LogP contribution in [0.1, 0.15) is 0 Å². The third-order valence-corrected chi connectivity index (χ3v) is 10.7. The molecule has 2 heterocycles. The van der Waals surface area contributed by atoms with E-state index in [2.05, 4.69) is 158 Å². The van der Waals surface area contributed by atoms with E-state index in [-0.39, 0.29) is 0 Å². The highest BCUT2D eigenvalue weighted by molar-refractivity contribution is 7.23. The van der Waals surface area contributed by atoms with Crippen molar-refractivity contribution in [2.45, 2.75) is 0 Å². The zero-order chi connectivity index (χ0) is 30.2. The predicted octanol–water partition coefficient (Wildman–Crippen LogP) is 13.3. The molecule has 0 atom stereocenters. The summed E-state index contributed by atoms with van der Waals surface area (Å²) in [6, 6.07) is 57.2. The molecule has 0 radical (unpaired) electrons. The molecule has 2 aromatic heterocycles. The van der Waals surface area contributed by atoms with Gasteiger partial charge in [-0.1, -0.05) is 133 Å². The summed E-state index contributed by atoms with van der Waals surface area (Å²) in [5.74, 6) is 0. The van der Waals surface area contributed by atoms with E-state index in [4.69, 9.17) is 4.42 Å². The first-order valence-electron chi connectivity index (χ1n) is 15.7. The van der Waals surface area contributed by atoms with Crippen molar-refractivity contribution in [1.29, 1.82) is 0 Å². The van der Waals surface area contributed by atoms with Gasteiger partial charge in [-0.15, -0.1) is 11.3 Å². The molecule has 0 aliphatic rings.